The van der Waals surface area contributed by atoms with Gasteiger partial charge in [-0.15, -0.1) is 0 Å². The lowest BCUT2D eigenvalue weighted by atomic mass is 10.2. The van der Waals surface area contributed by atoms with Crippen molar-refractivity contribution in [1.29, 1.82) is 0 Å². The number of hydrogen-bond acceptors (Lipinski definition) is 4. The van der Waals surface area contributed by atoms with E-state index < -0.39 is 0 Å². The van der Waals surface area contributed by atoms with Crippen LogP contribution < -0.4 is 5.32 Å². The number of unbranched alkanes of at least 4 members (excludes halogenated alkanes) is 2. The van der Waals surface area contributed by atoms with E-state index in [4.69, 9.17) is 4.52 Å². The van der Waals surface area contributed by atoms with Gasteiger partial charge in [-0.3, -0.25) is 4.90 Å². The van der Waals surface area contributed by atoms with E-state index in [1.165, 1.54) is 19.3 Å². The number of nitrogens with one attached hydrogen (secondary N) is 1. The molecular weight excluding hydrogens is 226 g/mol. The zero-order valence-corrected chi connectivity index (χ0v) is 12.2. The van der Waals surface area contributed by atoms with Crippen LogP contribution in [0.4, 0.5) is 0 Å². The quantitative estimate of drug-likeness (QED) is 0.687. The van der Waals surface area contributed by atoms with Crippen LogP contribution in [0.15, 0.2) is 10.6 Å². The molecule has 0 saturated carbocycles. The maximum Gasteiger partial charge on any atom is 0.151 e. The number of rotatable bonds is 9. The Labute approximate surface area is 111 Å². The summed E-state index contributed by atoms with van der Waals surface area (Å²) in [6.45, 7) is 9.46. The summed E-state index contributed by atoms with van der Waals surface area (Å²) in [7, 11) is 1.92. The Bertz CT molecular complexity index is 323. The fraction of sp³-hybridized carbons (Fsp3) is 0.786. The van der Waals surface area contributed by atoms with Gasteiger partial charge < -0.3 is 9.84 Å². The van der Waals surface area contributed by atoms with Crippen molar-refractivity contribution in [3.8, 4) is 0 Å². The van der Waals surface area contributed by atoms with Gasteiger partial charge in [-0.05, 0) is 33.9 Å². The summed E-state index contributed by atoms with van der Waals surface area (Å²) in [6, 6.07) is 2.59. The average molecular weight is 253 g/mol. The molecule has 0 unspecified atom stereocenters. The van der Waals surface area contributed by atoms with Gasteiger partial charge >= 0.3 is 0 Å². The van der Waals surface area contributed by atoms with Crippen LogP contribution in [-0.4, -0.2) is 29.7 Å². The van der Waals surface area contributed by atoms with Crippen LogP contribution in [-0.2, 0) is 13.1 Å². The van der Waals surface area contributed by atoms with Crippen molar-refractivity contribution in [1.82, 2.24) is 15.4 Å². The third kappa shape index (κ3) is 5.19. The fourth-order valence-corrected chi connectivity index (χ4v) is 1.98. The van der Waals surface area contributed by atoms with Gasteiger partial charge in [-0.2, -0.15) is 0 Å². The van der Waals surface area contributed by atoms with Crippen molar-refractivity contribution in [3.63, 3.8) is 0 Å². The highest BCUT2D eigenvalue weighted by molar-refractivity contribution is 5.05. The lowest BCUT2D eigenvalue weighted by molar-refractivity contribution is 0.185. The van der Waals surface area contributed by atoms with Gasteiger partial charge in [-0.25, -0.2) is 0 Å². The van der Waals surface area contributed by atoms with Gasteiger partial charge in [0.05, 0.1) is 12.2 Å². The first-order chi connectivity index (χ1) is 8.67. The van der Waals surface area contributed by atoms with Crippen molar-refractivity contribution in [2.75, 3.05) is 13.6 Å². The Morgan fingerprint density at radius 2 is 2.17 bits per heavy atom. The zero-order valence-electron chi connectivity index (χ0n) is 12.2. The topological polar surface area (TPSA) is 41.3 Å². The molecule has 0 aliphatic carbocycles. The van der Waals surface area contributed by atoms with Gasteiger partial charge in [0.1, 0.15) is 0 Å². The van der Waals surface area contributed by atoms with Gasteiger partial charge in [0.15, 0.2) is 5.76 Å². The van der Waals surface area contributed by atoms with Gasteiger partial charge in [0, 0.05) is 18.7 Å². The Morgan fingerprint density at radius 3 is 2.78 bits per heavy atom. The van der Waals surface area contributed by atoms with Crippen LogP contribution >= 0.6 is 0 Å². The van der Waals surface area contributed by atoms with Crippen molar-refractivity contribution >= 4 is 0 Å². The Morgan fingerprint density at radius 1 is 1.39 bits per heavy atom. The zero-order chi connectivity index (χ0) is 13.4. The maximum absolute atomic E-state index is 5.37. The predicted octanol–water partition coefficient (Wildman–Crippen LogP) is 2.79. The first kappa shape index (κ1) is 15.2. The van der Waals surface area contributed by atoms with Gasteiger partial charge in [0.2, 0.25) is 0 Å². The second-order valence-corrected chi connectivity index (χ2v) is 5.09. The van der Waals surface area contributed by atoms with E-state index in [-0.39, 0.29) is 0 Å². The Kier molecular flexibility index (Phi) is 6.98. The molecule has 0 saturated heterocycles. The van der Waals surface area contributed by atoms with Crippen LogP contribution in [0.25, 0.3) is 0 Å². The molecule has 0 aliphatic rings. The molecule has 0 atom stereocenters. The molecule has 0 aromatic carbocycles. The molecule has 104 valence electrons. The largest absolute Gasteiger partial charge is 0.360 e. The summed E-state index contributed by atoms with van der Waals surface area (Å²) < 4.78 is 5.37. The summed E-state index contributed by atoms with van der Waals surface area (Å²) in [5.41, 5.74) is 0.977. The van der Waals surface area contributed by atoms with Gasteiger partial charge in [0.25, 0.3) is 0 Å². The molecule has 1 N–H and O–H groups in total. The summed E-state index contributed by atoms with van der Waals surface area (Å²) in [4.78, 5) is 2.44. The molecule has 1 aromatic rings. The van der Waals surface area contributed by atoms with Crippen molar-refractivity contribution in [2.24, 2.45) is 0 Å². The van der Waals surface area contributed by atoms with E-state index in [1.54, 1.807) is 0 Å². The number of nitrogens with zero attached hydrogens (tertiary/aromatic N) is 2. The van der Waals surface area contributed by atoms with E-state index in [0.717, 1.165) is 31.1 Å². The van der Waals surface area contributed by atoms with E-state index in [1.807, 2.05) is 13.1 Å². The lowest BCUT2D eigenvalue weighted by Gasteiger charge is -2.24. The molecule has 0 bridgehead atoms. The molecular formula is C14H27N3O. The molecule has 0 spiro atoms. The monoisotopic (exact) mass is 253 g/mol. The normalized spacial score (nSPS) is 11.7. The van der Waals surface area contributed by atoms with Crippen molar-refractivity contribution < 1.29 is 4.52 Å². The average Bonchev–Trinajstić information content (AvgIpc) is 2.76. The molecule has 4 heteroatoms. The van der Waals surface area contributed by atoms with Crippen LogP contribution in [0.3, 0.4) is 0 Å². The van der Waals surface area contributed by atoms with Crippen LogP contribution in [0.5, 0.6) is 0 Å². The smallest absolute Gasteiger partial charge is 0.151 e. The van der Waals surface area contributed by atoms with Gasteiger partial charge in [-0.1, -0.05) is 24.9 Å². The van der Waals surface area contributed by atoms with Crippen LogP contribution in [0.1, 0.15) is 51.5 Å². The summed E-state index contributed by atoms with van der Waals surface area (Å²) in [5, 5.41) is 7.13. The highest BCUT2D eigenvalue weighted by Crippen LogP contribution is 2.11. The number of aromatic nitrogens is 1. The van der Waals surface area contributed by atoms with Crippen molar-refractivity contribution in [2.45, 2.75) is 59.2 Å². The maximum atomic E-state index is 5.37. The highest BCUT2D eigenvalue weighted by Gasteiger charge is 2.13. The third-order valence-electron chi connectivity index (χ3n) is 3.10. The summed E-state index contributed by atoms with van der Waals surface area (Å²) in [5.74, 6) is 0.963. The number of hydrogen-bond donors (Lipinski definition) is 1. The molecule has 0 fully saturated rings. The summed E-state index contributed by atoms with van der Waals surface area (Å²) in [6.07, 6.45) is 3.82. The molecule has 1 aromatic heterocycles. The molecule has 4 nitrogen and oxygen atoms in total. The fourth-order valence-electron chi connectivity index (χ4n) is 1.98. The molecule has 0 aliphatic heterocycles. The predicted molar refractivity (Wildman–Crippen MR) is 74.3 cm³/mol. The highest BCUT2D eigenvalue weighted by atomic mass is 16.5. The molecule has 18 heavy (non-hydrogen) atoms. The minimum atomic E-state index is 0.541. The van der Waals surface area contributed by atoms with E-state index in [9.17, 15) is 0 Å². The molecule has 0 amide bonds. The summed E-state index contributed by atoms with van der Waals surface area (Å²) >= 11 is 0. The standard InChI is InChI=1S/C14H27N3O/c1-5-6-7-8-17(12(2)3)11-14-9-13(10-15-4)16-18-14/h9,12,15H,5-8,10-11H2,1-4H3. The Hall–Kier alpha value is -0.870. The molecule has 0 radical (unpaired) electrons. The minimum Gasteiger partial charge on any atom is -0.360 e. The van der Waals surface area contributed by atoms with Crippen LogP contribution in [0.2, 0.25) is 0 Å². The van der Waals surface area contributed by atoms with Crippen LogP contribution in [0, 0.1) is 0 Å². The van der Waals surface area contributed by atoms with Crippen molar-refractivity contribution in [3.05, 3.63) is 17.5 Å². The lowest BCUT2D eigenvalue weighted by Crippen LogP contribution is -2.31. The molecule has 1 heterocycles. The Balaban J connectivity index is 2.48. The first-order valence-corrected chi connectivity index (χ1v) is 7.00. The molecule has 1 rings (SSSR count). The van der Waals surface area contributed by atoms with E-state index in [2.05, 4.69) is 36.1 Å². The second kappa shape index (κ2) is 8.27. The minimum absolute atomic E-state index is 0.541. The third-order valence-corrected chi connectivity index (χ3v) is 3.10. The van der Waals surface area contributed by atoms with E-state index in [0.29, 0.717) is 6.04 Å². The first-order valence-electron chi connectivity index (χ1n) is 7.00. The second-order valence-electron chi connectivity index (χ2n) is 5.09. The SMILES string of the molecule is CCCCCN(Cc1cc(CNC)no1)C(C)C. The van der Waals surface area contributed by atoms with E-state index >= 15 is 0 Å².